The van der Waals surface area contributed by atoms with Crippen LogP contribution in [-0.2, 0) is 4.74 Å². The number of anilines is 1. The largest absolute Gasteiger partial charge is 0.383 e. The molecule has 0 spiro atoms. The van der Waals surface area contributed by atoms with Gasteiger partial charge in [-0.25, -0.2) is 4.98 Å². The topological polar surface area (TPSA) is 56.1 Å². The van der Waals surface area contributed by atoms with Crippen LogP contribution in [0.3, 0.4) is 0 Å². The molecule has 94 valence electrons. The second-order valence-electron chi connectivity index (χ2n) is 4.15. The van der Waals surface area contributed by atoms with Gasteiger partial charge in [-0.05, 0) is 12.8 Å². The summed E-state index contributed by atoms with van der Waals surface area (Å²) in [7, 11) is 1.59. The Balaban J connectivity index is 2.01. The number of hydrogen-bond donors (Lipinski definition) is 1. The van der Waals surface area contributed by atoms with Crippen molar-refractivity contribution in [3.8, 4) is 0 Å². The van der Waals surface area contributed by atoms with Gasteiger partial charge < -0.3 is 14.6 Å². The predicted octanol–water partition coefficient (Wildman–Crippen LogP) is 1.24. The molecule has 0 aromatic carbocycles. The van der Waals surface area contributed by atoms with Gasteiger partial charge in [-0.2, -0.15) is 0 Å². The highest BCUT2D eigenvalue weighted by Gasteiger charge is 2.25. The fraction of sp³-hybridized carbons (Fsp3) is 0.636. The minimum absolute atomic E-state index is 0.0729. The van der Waals surface area contributed by atoms with Crippen molar-refractivity contribution in [2.45, 2.75) is 24.3 Å². The summed E-state index contributed by atoms with van der Waals surface area (Å²) in [5, 5.41) is 2.79. The third kappa shape index (κ3) is 3.20. The van der Waals surface area contributed by atoms with Gasteiger partial charge in [-0.1, -0.05) is 0 Å². The minimum Gasteiger partial charge on any atom is -0.383 e. The summed E-state index contributed by atoms with van der Waals surface area (Å²) in [5.74, 6) is 0.362. The predicted molar refractivity (Wildman–Crippen MR) is 66.8 cm³/mol. The Morgan fingerprint density at radius 1 is 1.71 bits per heavy atom. The number of halogens is 1. The maximum atomic E-state index is 12.0. The highest BCUT2D eigenvalue weighted by atomic mass is 35.5. The molecule has 1 aliphatic carbocycles. The summed E-state index contributed by atoms with van der Waals surface area (Å²) in [6.45, 7) is 0.907. The lowest BCUT2D eigenvalue weighted by Gasteiger charge is -2.11. The maximum absolute atomic E-state index is 12.0. The van der Waals surface area contributed by atoms with Crippen molar-refractivity contribution in [3.63, 3.8) is 0 Å². The van der Waals surface area contributed by atoms with E-state index in [0.717, 1.165) is 12.8 Å². The fourth-order valence-electron chi connectivity index (χ4n) is 1.63. The van der Waals surface area contributed by atoms with E-state index in [0.29, 0.717) is 25.0 Å². The van der Waals surface area contributed by atoms with Gasteiger partial charge in [0.2, 0.25) is 0 Å². The summed E-state index contributed by atoms with van der Waals surface area (Å²) < 4.78 is 6.65. The van der Waals surface area contributed by atoms with E-state index in [-0.39, 0.29) is 10.9 Å². The van der Waals surface area contributed by atoms with Gasteiger partial charge in [-0.3, -0.25) is 4.79 Å². The first-order chi connectivity index (χ1) is 8.22. The van der Waals surface area contributed by atoms with Crippen LogP contribution in [0.2, 0.25) is 0 Å². The zero-order valence-electron chi connectivity index (χ0n) is 9.73. The number of hydrogen-bond acceptors (Lipinski definition) is 4. The Bertz CT molecular complexity index is 431. The summed E-state index contributed by atoms with van der Waals surface area (Å²) in [6, 6.07) is 0.358. The van der Waals surface area contributed by atoms with Gasteiger partial charge in [0.1, 0.15) is 0 Å². The van der Waals surface area contributed by atoms with Crippen molar-refractivity contribution in [1.29, 1.82) is 0 Å². The third-order valence-electron chi connectivity index (χ3n) is 2.65. The van der Waals surface area contributed by atoms with E-state index >= 15 is 0 Å². The van der Waals surface area contributed by atoms with E-state index < -0.39 is 0 Å². The van der Waals surface area contributed by atoms with Crippen LogP contribution in [0, 0.1) is 0 Å². The van der Waals surface area contributed by atoms with Crippen LogP contribution < -0.4 is 10.9 Å². The van der Waals surface area contributed by atoms with E-state index in [9.17, 15) is 4.79 Å². The monoisotopic (exact) mass is 257 g/mol. The molecule has 0 saturated heterocycles. The Morgan fingerprint density at radius 3 is 3.12 bits per heavy atom. The number of methoxy groups -OCH3 is 1. The lowest BCUT2D eigenvalue weighted by molar-refractivity contribution is 0.200. The van der Waals surface area contributed by atoms with E-state index in [4.69, 9.17) is 16.3 Å². The lowest BCUT2D eigenvalue weighted by Crippen LogP contribution is -2.27. The van der Waals surface area contributed by atoms with Crippen molar-refractivity contribution in [2.75, 3.05) is 25.6 Å². The molecule has 2 rings (SSSR count). The number of aromatic nitrogens is 2. The van der Waals surface area contributed by atoms with Crippen molar-refractivity contribution in [1.82, 2.24) is 9.55 Å². The van der Waals surface area contributed by atoms with E-state index in [1.807, 2.05) is 0 Å². The first-order valence-corrected chi connectivity index (χ1v) is 6.10. The Morgan fingerprint density at radius 2 is 2.47 bits per heavy atom. The fourth-order valence-corrected chi connectivity index (χ4v) is 1.84. The number of rotatable bonds is 6. The second kappa shape index (κ2) is 5.51. The number of ether oxygens (including phenoxy) is 1. The molecular weight excluding hydrogens is 242 g/mol. The summed E-state index contributed by atoms with van der Waals surface area (Å²) in [6.07, 6.45) is 5.52. The second-order valence-corrected chi connectivity index (χ2v) is 4.77. The number of nitrogens with zero attached hydrogens (tertiary/aromatic N) is 2. The molecule has 1 heterocycles. The Kier molecular flexibility index (Phi) is 4.02. The van der Waals surface area contributed by atoms with Gasteiger partial charge in [-0.15, -0.1) is 11.6 Å². The van der Waals surface area contributed by atoms with E-state index in [1.54, 1.807) is 24.1 Å². The van der Waals surface area contributed by atoms with Crippen LogP contribution in [-0.4, -0.2) is 35.2 Å². The summed E-state index contributed by atoms with van der Waals surface area (Å²) in [5.41, 5.74) is -0.0729. The van der Waals surface area contributed by atoms with Crippen molar-refractivity contribution >= 4 is 17.4 Å². The number of nitrogens with one attached hydrogen (secondary N) is 1. The molecule has 6 heteroatoms. The van der Waals surface area contributed by atoms with Gasteiger partial charge in [0.25, 0.3) is 5.56 Å². The normalized spacial score (nSPS) is 16.8. The van der Waals surface area contributed by atoms with E-state index in [1.165, 1.54) is 0 Å². The maximum Gasteiger partial charge on any atom is 0.293 e. The molecule has 0 bridgehead atoms. The molecule has 1 saturated carbocycles. The standard InChI is InChI=1S/C11H16ClN3O2/c1-17-7-8(12)6-14-10-11(16)15(5-4-13-10)9-2-3-9/h4-5,8-9H,2-3,6-7H2,1H3,(H,13,14). The molecule has 1 N–H and O–H groups in total. The zero-order chi connectivity index (χ0) is 12.3. The van der Waals surface area contributed by atoms with Crippen molar-refractivity contribution in [3.05, 3.63) is 22.7 Å². The molecule has 1 atom stereocenters. The van der Waals surface area contributed by atoms with Crippen LogP contribution >= 0.6 is 11.6 Å². The van der Waals surface area contributed by atoms with Gasteiger partial charge >= 0.3 is 0 Å². The zero-order valence-corrected chi connectivity index (χ0v) is 10.5. The molecule has 1 aromatic rings. The molecule has 0 aliphatic heterocycles. The molecule has 1 aromatic heterocycles. The average molecular weight is 258 g/mol. The molecule has 1 aliphatic rings. The Hall–Kier alpha value is -1.07. The Labute approximate surface area is 105 Å². The van der Waals surface area contributed by atoms with Crippen molar-refractivity contribution in [2.24, 2.45) is 0 Å². The molecule has 0 amide bonds. The average Bonchev–Trinajstić information content (AvgIpc) is 3.12. The summed E-state index contributed by atoms with van der Waals surface area (Å²) in [4.78, 5) is 16.0. The summed E-state index contributed by atoms with van der Waals surface area (Å²) >= 11 is 5.97. The van der Waals surface area contributed by atoms with Crippen LogP contribution in [0.4, 0.5) is 5.82 Å². The molecule has 5 nitrogen and oxygen atoms in total. The first kappa shape index (κ1) is 12.4. The minimum atomic E-state index is -0.171. The molecule has 1 unspecified atom stereocenters. The quantitative estimate of drug-likeness (QED) is 0.780. The third-order valence-corrected chi connectivity index (χ3v) is 2.93. The first-order valence-electron chi connectivity index (χ1n) is 5.66. The smallest absolute Gasteiger partial charge is 0.293 e. The van der Waals surface area contributed by atoms with Crippen LogP contribution in [0.25, 0.3) is 0 Å². The molecule has 17 heavy (non-hydrogen) atoms. The van der Waals surface area contributed by atoms with Gasteiger partial charge in [0, 0.05) is 32.1 Å². The SMILES string of the molecule is COCC(Cl)CNc1nccn(C2CC2)c1=O. The lowest BCUT2D eigenvalue weighted by atomic mass is 10.4. The highest BCUT2D eigenvalue weighted by molar-refractivity contribution is 6.21. The molecular formula is C11H16ClN3O2. The van der Waals surface area contributed by atoms with Crippen LogP contribution in [0.1, 0.15) is 18.9 Å². The number of alkyl halides is 1. The van der Waals surface area contributed by atoms with Crippen molar-refractivity contribution < 1.29 is 4.74 Å². The molecule has 1 fully saturated rings. The molecule has 0 radical (unpaired) electrons. The van der Waals surface area contributed by atoms with E-state index in [2.05, 4.69) is 10.3 Å². The van der Waals surface area contributed by atoms with Gasteiger partial charge in [0.05, 0.1) is 12.0 Å². The van der Waals surface area contributed by atoms with Crippen LogP contribution in [0.5, 0.6) is 0 Å². The highest BCUT2D eigenvalue weighted by Crippen LogP contribution is 2.33. The van der Waals surface area contributed by atoms with Crippen LogP contribution in [0.15, 0.2) is 17.2 Å². The van der Waals surface area contributed by atoms with Gasteiger partial charge in [0.15, 0.2) is 5.82 Å².